The smallest absolute Gasteiger partial charge is 0.324 e. The van der Waals surface area contributed by atoms with E-state index in [0.717, 1.165) is 12.0 Å². The highest BCUT2D eigenvalue weighted by molar-refractivity contribution is 6.89. The number of aromatic hydroxyl groups is 1. The molecular formula is C23H40O4Si4. The highest BCUT2D eigenvalue weighted by Gasteiger charge is 2.50. The van der Waals surface area contributed by atoms with Gasteiger partial charge in [-0.05, 0) is 82.5 Å². The van der Waals surface area contributed by atoms with Crippen LogP contribution in [0.3, 0.4) is 0 Å². The zero-order valence-corrected chi connectivity index (χ0v) is 24.7. The van der Waals surface area contributed by atoms with Crippen LogP contribution in [0.5, 0.6) is 5.75 Å². The molecule has 0 aliphatic carbocycles. The van der Waals surface area contributed by atoms with Crippen molar-refractivity contribution in [3.05, 3.63) is 65.7 Å². The van der Waals surface area contributed by atoms with E-state index in [0.29, 0.717) is 5.75 Å². The third kappa shape index (κ3) is 8.45. The molecule has 172 valence electrons. The number of hydrogen-bond donors (Lipinski definition) is 1. The van der Waals surface area contributed by atoms with Crippen molar-refractivity contribution < 1.29 is 17.5 Å². The molecule has 2 aromatic carbocycles. The van der Waals surface area contributed by atoms with Crippen molar-refractivity contribution in [1.29, 1.82) is 0 Å². The molecule has 2 atom stereocenters. The van der Waals surface area contributed by atoms with Gasteiger partial charge in [-0.15, -0.1) is 0 Å². The lowest BCUT2D eigenvalue weighted by molar-refractivity contribution is 0.310. The maximum Gasteiger partial charge on any atom is 0.324 e. The van der Waals surface area contributed by atoms with E-state index in [2.05, 4.69) is 83.2 Å². The average Bonchev–Trinajstić information content (AvgIpc) is 2.57. The predicted octanol–water partition coefficient (Wildman–Crippen LogP) is 6.75. The monoisotopic (exact) mass is 492 g/mol. The lowest BCUT2D eigenvalue weighted by atomic mass is 10.0. The molecule has 31 heavy (non-hydrogen) atoms. The van der Waals surface area contributed by atoms with Gasteiger partial charge in [-0.2, -0.15) is 0 Å². The number of benzene rings is 2. The van der Waals surface area contributed by atoms with Crippen molar-refractivity contribution in [3.8, 4) is 5.75 Å². The fraction of sp³-hybridized carbons (Fsp3) is 0.478. The Morgan fingerprint density at radius 3 is 1.71 bits per heavy atom. The topological polar surface area (TPSA) is 47.9 Å². The van der Waals surface area contributed by atoms with E-state index >= 15 is 0 Å². The van der Waals surface area contributed by atoms with E-state index in [-0.39, 0.29) is 5.54 Å². The summed E-state index contributed by atoms with van der Waals surface area (Å²) in [5, 5.41) is 10.8. The van der Waals surface area contributed by atoms with Crippen molar-refractivity contribution in [2.24, 2.45) is 0 Å². The van der Waals surface area contributed by atoms with Crippen LogP contribution in [0.25, 0.3) is 0 Å². The Hall–Kier alpha value is -1.01. The summed E-state index contributed by atoms with van der Waals surface area (Å²) >= 11 is 0. The number of phenolic OH excluding ortho intramolecular Hbond substituents is 1. The van der Waals surface area contributed by atoms with Crippen molar-refractivity contribution in [1.82, 2.24) is 0 Å². The maximum atomic E-state index is 10.8. The van der Waals surface area contributed by atoms with Crippen LogP contribution in [0.15, 0.2) is 54.6 Å². The van der Waals surface area contributed by atoms with Gasteiger partial charge in [0.25, 0.3) is 0 Å². The molecule has 0 aromatic heterocycles. The Bertz CT molecular complexity index is 847. The summed E-state index contributed by atoms with van der Waals surface area (Å²) in [6, 6.07) is 18.0. The van der Waals surface area contributed by atoms with Crippen molar-refractivity contribution in [3.63, 3.8) is 0 Å². The SMILES string of the molecule is C[Si](C)(C)O[Si](C)(C)O[Si](C)(O[Si](C)(C)C)C(Cc1ccccc1)c1ccccc1O. The number of para-hydroxylation sites is 1. The first-order valence-electron chi connectivity index (χ1n) is 11.0. The third-order valence-electron chi connectivity index (χ3n) is 4.74. The molecule has 0 saturated carbocycles. The molecule has 2 unspecified atom stereocenters. The summed E-state index contributed by atoms with van der Waals surface area (Å²) in [6.45, 7) is 19.7. The Morgan fingerprint density at radius 1 is 0.677 bits per heavy atom. The van der Waals surface area contributed by atoms with Crippen molar-refractivity contribution in [2.45, 2.75) is 70.9 Å². The Kier molecular flexibility index (Phi) is 8.35. The maximum absolute atomic E-state index is 10.8. The van der Waals surface area contributed by atoms with E-state index in [1.807, 2.05) is 24.3 Å². The Labute approximate surface area is 193 Å². The first-order valence-corrected chi connectivity index (χ1v) is 23.1. The van der Waals surface area contributed by atoms with Gasteiger partial charge in [0, 0.05) is 5.54 Å². The zero-order valence-electron chi connectivity index (χ0n) is 20.7. The molecule has 0 aliphatic heterocycles. The summed E-state index contributed by atoms with van der Waals surface area (Å²) in [5.74, 6) is 0.301. The molecule has 0 fully saturated rings. The highest BCUT2D eigenvalue weighted by Crippen LogP contribution is 2.40. The largest absolute Gasteiger partial charge is 0.508 e. The van der Waals surface area contributed by atoms with Gasteiger partial charge in [0.1, 0.15) is 5.75 Å². The van der Waals surface area contributed by atoms with Gasteiger partial charge in [-0.1, -0.05) is 48.5 Å². The van der Waals surface area contributed by atoms with Crippen LogP contribution in [0, 0.1) is 0 Å². The second-order valence-corrected chi connectivity index (χ2v) is 27.2. The molecule has 2 aromatic rings. The van der Waals surface area contributed by atoms with Crippen LogP contribution in [-0.4, -0.2) is 38.9 Å². The summed E-state index contributed by atoms with van der Waals surface area (Å²) in [4.78, 5) is 0. The fourth-order valence-corrected chi connectivity index (χ4v) is 22.5. The number of phenols is 1. The molecule has 0 aliphatic rings. The first-order chi connectivity index (χ1) is 14.1. The molecule has 0 spiro atoms. The van der Waals surface area contributed by atoms with Crippen LogP contribution < -0.4 is 0 Å². The van der Waals surface area contributed by atoms with Gasteiger partial charge in [-0.3, -0.25) is 0 Å². The summed E-state index contributed by atoms with van der Waals surface area (Å²) in [6.07, 6.45) is 0.753. The molecule has 8 heteroatoms. The highest BCUT2D eigenvalue weighted by atomic mass is 28.5. The van der Waals surface area contributed by atoms with Crippen LogP contribution in [0.4, 0.5) is 0 Å². The standard InChI is InChI=1S/C23H40O4Si4/c1-28(2,3)25-30(7,8)27-31(9,26-29(4,5)6)23(19-20-15-11-10-12-16-20)21-17-13-14-18-22(21)24/h10-18,23-24H,19H2,1-9H3. The minimum Gasteiger partial charge on any atom is -0.508 e. The molecular weight excluding hydrogens is 453 g/mol. The molecule has 0 amide bonds. The number of hydrogen-bond acceptors (Lipinski definition) is 4. The summed E-state index contributed by atoms with van der Waals surface area (Å²) in [5.41, 5.74) is 2.05. The van der Waals surface area contributed by atoms with E-state index in [4.69, 9.17) is 12.3 Å². The van der Waals surface area contributed by atoms with Gasteiger partial charge >= 0.3 is 17.1 Å². The summed E-state index contributed by atoms with van der Waals surface area (Å²) < 4.78 is 20.5. The quantitative estimate of drug-likeness (QED) is 0.373. The van der Waals surface area contributed by atoms with E-state index in [1.165, 1.54) is 5.56 Å². The van der Waals surface area contributed by atoms with Crippen molar-refractivity contribution >= 4 is 33.8 Å². The molecule has 0 radical (unpaired) electrons. The molecule has 0 heterocycles. The second kappa shape index (κ2) is 9.86. The third-order valence-corrected chi connectivity index (χ3v) is 18.6. The van der Waals surface area contributed by atoms with Gasteiger partial charge in [0.15, 0.2) is 16.6 Å². The van der Waals surface area contributed by atoms with E-state index in [1.54, 1.807) is 6.07 Å². The fourth-order valence-electron chi connectivity index (χ4n) is 4.23. The van der Waals surface area contributed by atoms with Crippen molar-refractivity contribution in [2.75, 3.05) is 0 Å². The molecule has 4 nitrogen and oxygen atoms in total. The van der Waals surface area contributed by atoms with Gasteiger partial charge < -0.3 is 17.5 Å². The molecule has 0 bridgehead atoms. The number of rotatable bonds is 10. The van der Waals surface area contributed by atoms with Crippen LogP contribution in [0.1, 0.15) is 16.7 Å². The zero-order chi connectivity index (χ0) is 23.5. The predicted molar refractivity (Wildman–Crippen MR) is 140 cm³/mol. The summed E-state index contributed by atoms with van der Waals surface area (Å²) in [7, 11) is -9.04. The van der Waals surface area contributed by atoms with Crippen LogP contribution in [0.2, 0.25) is 58.9 Å². The minimum atomic E-state index is -2.84. The second-order valence-electron chi connectivity index (χ2n) is 10.7. The first kappa shape index (κ1) is 26.2. The van der Waals surface area contributed by atoms with Crippen LogP contribution >= 0.6 is 0 Å². The van der Waals surface area contributed by atoms with Gasteiger partial charge in [0.05, 0.1) is 0 Å². The molecule has 1 N–H and O–H groups in total. The lowest BCUT2D eigenvalue weighted by Crippen LogP contribution is -2.60. The van der Waals surface area contributed by atoms with E-state index < -0.39 is 33.8 Å². The van der Waals surface area contributed by atoms with Gasteiger partial charge in [0.2, 0.25) is 0 Å². The molecule has 0 saturated heterocycles. The lowest BCUT2D eigenvalue weighted by Gasteiger charge is -2.45. The normalized spacial score (nSPS) is 16.0. The Balaban J connectivity index is 2.58. The van der Waals surface area contributed by atoms with E-state index in [9.17, 15) is 5.11 Å². The molecule has 2 rings (SSSR count). The Morgan fingerprint density at radius 2 is 1.19 bits per heavy atom. The van der Waals surface area contributed by atoms with Crippen LogP contribution in [-0.2, 0) is 18.8 Å². The average molecular weight is 493 g/mol. The minimum absolute atomic E-state index is 0.0557. The van der Waals surface area contributed by atoms with Gasteiger partial charge in [-0.25, -0.2) is 0 Å².